The van der Waals surface area contributed by atoms with Crippen LogP contribution in [-0.4, -0.2) is 35.8 Å². The van der Waals surface area contributed by atoms with Crippen molar-refractivity contribution in [1.29, 1.82) is 0 Å². The third-order valence-electron chi connectivity index (χ3n) is 3.91. The van der Waals surface area contributed by atoms with Gasteiger partial charge in [-0.05, 0) is 37.3 Å². The number of aromatic amines is 1. The third kappa shape index (κ3) is 3.58. The van der Waals surface area contributed by atoms with E-state index in [2.05, 4.69) is 26.0 Å². The van der Waals surface area contributed by atoms with Crippen LogP contribution in [0, 0.1) is 0 Å². The molecule has 1 heterocycles. The second kappa shape index (κ2) is 7.11. The number of ether oxygens (including phenoxy) is 1. The van der Waals surface area contributed by atoms with Gasteiger partial charge < -0.3 is 9.72 Å². The number of carbonyl (C=O) groups is 1. The van der Waals surface area contributed by atoms with Crippen LogP contribution in [-0.2, 0) is 0 Å². The maximum atomic E-state index is 12.7. The first-order chi connectivity index (χ1) is 12.0. The fraction of sp³-hybridized carbons (Fsp3) is 0.158. The number of carbonyl (C=O) groups excluding carboxylic acids is 1. The Morgan fingerprint density at radius 1 is 1.20 bits per heavy atom. The maximum absolute atomic E-state index is 12.7. The predicted octanol–water partition coefficient (Wildman–Crippen LogP) is 4.44. The maximum Gasteiger partial charge on any atom is 0.277 e. The Kier molecular flexibility index (Phi) is 4.90. The number of halogens is 1. The van der Waals surface area contributed by atoms with Crippen LogP contribution in [0.3, 0.4) is 0 Å². The van der Waals surface area contributed by atoms with Crippen molar-refractivity contribution in [3.05, 3.63) is 64.3 Å². The zero-order valence-electron chi connectivity index (χ0n) is 14.2. The van der Waals surface area contributed by atoms with Gasteiger partial charge in [-0.1, -0.05) is 34.1 Å². The fourth-order valence-corrected chi connectivity index (χ4v) is 2.98. The van der Waals surface area contributed by atoms with Gasteiger partial charge in [-0.2, -0.15) is 5.10 Å². The lowest BCUT2D eigenvalue weighted by atomic mass is 10.2. The van der Waals surface area contributed by atoms with Crippen LogP contribution in [0.4, 0.5) is 0 Å². The minimum Gasteiger partial charge on any atom is -0.496 e. The summed E-state index contributed by atoms with van der Waals surface area (Å²) in [6.07, 6.45) is 0. The van der Waals surface area contributed by atoms with Crippen LogP contribution in [0.25, 0.3) is 10.9 Å². The standard InChI is InChI=1S/C19H18BrN3O2/c1-12(17-10-13-6-4-5-7-16(13)21-17)22-23(2)19(24)15-11-14(20)8-9-18(15)25-3/h4-11,21H,1-3H3. The number of fused-ring (bicyclic) bond motifs is 1. The summed E-state index contributed by atoms with van der Waals surface area (Å²) < 4.78 is 6.08. The van der Waals surface area contributed by atoms with E-state index in [1.54, 1.807) is 26.3 Å². The van der Waals surface area contributed by atoms with Crippen molar-refractivity contribution in [2.24, 2.45) is 5.10 Å². The average Bonchev–Trinajstić information content (AvgIpc) is 3.05. The number of para-hydroxylation sites is 1. The Labute approximate surface area is 154 Å². The molecule has 0 aliphatic heterocycles. The van der Waals surface area contributed by atoms with E-state index in [0.717, 1.165) is 26.8 Å². The summed E-state index contributed by atoms with van der Waals surface area (Å²) in [6, 6.07) is 15.3. The molecule has 0 fully saturated rings. The van der Waals surface area contributed by atoms with Crippen molar-refractivity contribution in [1.82, 2.24) is 9.99 Å². The fourth-order valence-electron chi connectivity index (χ4n) is 2.61. The lowest BCUT2D eigenvalue weighted by molar-refractivity contribution is 0.0796. The molecule has 0 radical (unpaired) electrons. The number of rotatable bonds is 4. The lowest BCUT2D eigenvalue weighted by Crippen LogP contribution is -2.23. The number of amides is 1. The molecular formula is C19H18BrN3O2. The highest BCUT2D eigenvalue weighted by atomic mass is 79.9. The summed E-state index contributed by atoms with van der Waals surface area (Å²) in [5.41, 5.74) is 3.09. The highest BCUT2D eigenvalue weighted by molar-refractivity contribution is 9.10. The normalized spacial score (nSPS) is 11.6. The van der Waals surface area contributed by atoms with E-state index in [4.69, 9.17) is 4.74 Å². The molecule has 1 N–H and O–H groups in total. The molecule has 25 heavy (non-hydrogen) atoms. The van der Waals surface area contributed by atoms with Crippen LogP contribution in [0.5, 0.6) is 5.75 Å². The molecule has 0 spiro atoms. The van der Waals surface area contributed by atoms with Crippen molar-refractivity contribution in [2.45, 2.75) is 6.92 Å². The summed E-state index contributed by atoms with van der Waals surface area (Å²) in [5, 5.41) is 6.85. The van der Waals surface area contributed by atoms with Gasteiger partial charge in [-0.15, -0.1) is 0 Å². The van der Waals surface area contributed by atoms with E-state index in [9.17, 15) is 4.79 Å². The molecule has 128 valence electrons. The number of hydrazone groups is 1. The van der Waals surface area contributed by atoms with E-state index in [-0.39, 0.29) is 5.91 Å². The molecule has 0 saturated heterocycles. The number of benzene rings is 2. The smallest absolute Gasteiger partial charge is 0.277 e. The SMILES string of the molecule is COc1ccc(Br)cc1C(=O)N(C)N=C(C)c1cc2ccccc2[nH]1. The highest BCUT2D eigenvalue weighted by Crippen LogP contribution is 2.24. The molecule has 1 aromatic heterocycles. The molecule has 0 aliphatic carbocycles. The second-order valence-electron chi connectivity index (χ2n) is 5.63. The summed E-state index contributed by atoms with van der Waals surface area (Å²) in [4.78, 5) is 16.0. The Balaban J connectivity index is 1.89. The molecule has 0 bridgehead atoms. The van der Waals surface area contributed by atoms with Gasteiger partial charge in [-0.3, -0.25) is 4.79 Å². The van der Waals surface area contributed by atoms with Gasteiger partial charge in [-0.25, -0.2) is 5.01 Å². The molecule has 0 saturated carbocycles. The number of nitrogens with one attached hydrogen (secondary N) is 1. The van der Waals surface area contributed by atoms with Crippen LogP contribution in [0.1, 0.15) is 23.0 Å². The van der Waals surface area contributed by atoms with E-state index in [1.807, 2.05) is 43.3 Å². The molecular weight excluding hydrogens is 382 g/mol. The molecule has 3 rings (SSSR count). The Hall–Kier alpha value is -2.60. The number of methoxy groups -OCH3 is 1. The van der Waals surface area contributed by atoms with Gasteiger partial charge >= 0.3 is 0 Å². The van der Waals surface area contributed by atoms with Crippen LogP contribution in [0.15, 0.2) is 58.1 Å². The van der Waals surface area contributed by atoms with Gasteiger partial charge in [0.05, 0.1) is 24.1 Å². The van der Waals surface area contributed by atoms with Crippen molar-refractivity contribution < 1.29 is 9.53 Å². The van der Waals surface area contributed by atoms with Crippen LogP contribution in [0.2, 0.25) is 0 Å². The Morgan fingerprint density at radius 3 is 2.68 bits per heavy atom. The zero-order valence-corrected chi connectivity index (χ0v) is 15.8. The number of hydrogen-bond donors (Lipinski definition) is 1. The van der Waals surface area contributed by atoms with E-state index < -0.39 is 0 Å². The first kappa shape index (κ1) is 17.2. The molecule has 3 aromatic rings. The monoisotopic (exact) mass is 399 g/mol. The highest BCUT2D eigenvalue weighted by Gasteiger charge is 2.17. The topological polar surface area (TPSA) is 57.7 Å². The number of nitrogens with zero attached hydrogens (tertiary/aromatic N) is 2. The number of aromatic nitrogens is 1. The molecule has 2 aromatic carbocycles. The second-order valence-corrected chi connectivity index (χ2v) is 6.54. The Bertz CT molecular complexity index is 929. The van der Waals surface area contributed by atoms with Crippen molar-refractivity contribution in [3.63, 3.8) is 0 Å². The van der Waals surface area contributed by atoms with Gasteiger partial charge in [0.25, 0.3) is 5.91 Å². The van der Waals surface area contributed by atoms with E-state index >= 15 is 0 Å². The third-order valence-corrected chi connectivity index (χ3v) is 4.40. The summed E-state index contributed by atoms with van der Waals surface area (Å²) in [7, 11) is 3.17. The first-order valence-electron chi connectivity index (χ1n) is 7.74. The summed E-state index contributed by atoms with van der Waals surface area (Å²) in [6.45, 7) is 1.87. The zero-order chi connectivity index (χ0) is 18.0. The van der Waals surface area contributed by atoms with E-state index in [1.165, 1.54) is 5.01 Å². The Morgan fingerprint density at radius 2 is 1.96 bits per heavy atom. The minimum absolute atomic E-state index is 0.242. The van der Waals surface area contributed by atoms with Gasteiger partial charge in [0.15, 0.2) is 0 Å². The quantitative estimate of drug-likeness (QED) is 0.520. The first-order valence-corrected chi connectivity index (χ1v) is 8.54. The van der Waals surface area contributed by atoms with Gasteiger partial charge in [0, 0.05) is 22.4 Å². The number of hydrogen-bond acceptors (Lipinski definition) is 3. The van der Waals surface area contributed by atoms with Crippen LogP contribution >= 0.6 is 15.9 Å². The molecule has 0 aliphatic rings. The summed E-state index contributed by atoms with van der Waals surface area (Å²) in [5.74, 6) is 0.270. The summed E-state index contributed by atoms with van der Waals surface area (Å²) >= 11 is 3.38. The molecule has 0 atom stereocenters. The predicted molar refractivity (Wildman–Crippen MR) is 103 cm³/mol. The minimum atomic E-state index is -0.242. The van der Waals surface area contributed by atoms with Crippen molar-refractivity contribution >= 4 is 38.5 Å². The number of H-pyrrole nitrogens is 1. The van der Waals surface area contributed by atoms with Crippen LogP contribution < -0.4 is 4.74 Å². The largest absolute Gasteiger partial charge is 0.496 e. The van der Waals surface area contributed by atoms with E-state index in [0.29, 0.717) is 11.3 Å². The molecule has 0 unspecified atom stereocenters. The average molecular weight is 400 g/mol. The van der Waals surface area contributed by atoms with Gasteiger partial charge in [0.1, 0.15) is 5.75 Å². The van der Waals surface area contributed by atoms with Crippen molar-refractivity contribution in [3.8, 4) is 5.75 Å². The van der Waals surface area contributed by atoms with Crippen molar-refractivity contribution in [2.75, 3.05) is 14.2 Å². The van der Waals surface area contributed by atoms with Gasteiger partial charge in [0.2, 0.25) is 0 Å². The lowest BCUT2D eigenvalue weighted by Gasteiger charge is -2.15. The molecule has 6 heteroatoms. The molecule has 5 nitrogen and oxygen atoms in total. The molecule has 1 amide bonds.